The van der Waals surface area contributed by atoms with E-state index in [1.807, 2.05) is 0 Å². The lowest BCUT2D eigenvalue weighted by atomic mass is 10.4. The molecule has 0 radical (unpaired) electrons. The molecule has 1 N–H and O–H groups in total. The van der Waals surface area contributed by atoms with Crippen LogP contribution in [0.5, 0.6) is 0 Å². The number of nitrogens with zero attached hydrogens (tertiary/aromatic N) is 1. The summed E-state index contributed by atoms with van der Waals surface area (Å²) < 4.78 is 5.43. The molecule has 0 bridgehead atoms. The van der Waals surface area contributed by atoms with E-state index in [1.54, 1.807) is 11.3 Å². The molecule has 1 heterocycles. The van der Waals surface area contributed by atoms with Crippen molar-refractivity contribution in [2.45, 2.75) is 46.4 Å². The topological polar surface area (TPSA) is 34.1 Å². The zero-order valence-electron chi connectivity index (χ0n) is 9.75. The van der Waals surface area contributed by atoms with Crippen LogP contribution in [0.3, 0.4) is 0 Å². The summed E-state index contributed by atoms with van der Waals surface area (Å²) in [6.07, 6.45) is 1.06. The quantitative estimate of drug-likeness (QED) is 0.728. The van der Waals surface area contributed by atoms with E-state index in [4.69, 9.17) is 4.74 Å². The van der Waals surface area contributed by atoms with Gasteiger partial charge in [-0.3, -0.25) is 0 Å². The third-order valence-corrected chi connectivity index (χ3v) is 2.76. The molecule has 0 spiro atoms. The monoisotopic (exact) mass is 228 g/mol. The maximum Gasteiger partial charge on any atom is 0.107 e. The van der Waals surface area contributed by atoms with Crippen LogP contribution in [0, 0.1) is 0 Å². The maximum atomic E-state index is 5.43. The summed E-state index contributed by atoms with van der Waals surface area (Å²) in [4.78, 5) is 4.49. The number of hydrogen-bond acceptors (Lipinski definition) is 4. The Morgan fingerprint density at radius 3 is 3.00 bits per heavy atom. The van der Waals surface area contributed by atoms with E-state index in [2.05, 4.69) is 36.5 Å². The fraction of sp³-hybridized carbons (Fsp3) is 0.727. The highest BCUT2D eigenvalue weighted by Crippen LogP contribution is 2.10. The Labute approximate surface area is 95.9 Å². The summed E-state index contributed by atoms with van der Waals surface area (Å²) >= 11 is 1.70. The molecule has 1 rings (SSSR count). The predicted molar refractivity (Wildman–Crippen MR) is 64.0 cm³/mol. The van der Waals surface area contributed by atoms with Crippen LogP contribution in [0.15, 0.2) is 5.38 Å². The fourth-order valence-corrected chi connectivity index (χ4v) is 1.84. The van der Waals surface area contributed by atoms with Crippen LogP contribution >= 0.6 is 11.3 Å². The van der Waals surface area contributed by atoms with Gasteiger partial charge in [-0.2, -0.15) is 0 Å². The van der Waals surface area contributed by atoms with Crippen LogP contribution in [-0.4, -0.2) is 17.6 Å². The van der Waals surface area contributed by atoms with Gasteiger partial charge >= 0.3 is 0 Å². The number of aromatic nitrogens is 1. The summed E-state index contributed by atoms with van der Waals surface area (Å²) in [6.45, 7) is 8.70. The number of nitrogens with one attached hydrogen (secondary N) is 1. The minimum Gasteiger partial charge on any atom is -0.375 e. The van der Waals surface area contributed by atoms with Crippen molar-refractivity contribution in [3.05, 3.63) is 16.1 Å². The van der Waals surface area contributed by atoms with Crippen molar-refractivity contribution in [1.82, 2.24) is 10.3 Å². The molecule has 0 fully saturated rings. The molecule has 0 aliphatic heterocycles. The van der Waals surface area contributed by atoms with Crippen molar-refractivity contribution in [1.29, 1.82) is 0 Å². The lowest BCUT2D eigenvalue weighted by Gasteiger charge is -2.04. The molecule has 0 amide bonds. The van der Waals surface area contributed by atoms with E-state index < -0.39 is 0 Å². The molecule has 1 aromatic heterocycles. The largest absolute Gasteiger partial charge is 0.375 e. The van der Waals surface area contributed by atoms with Crippen molar-refractivity contribution in [3.63, 3.8) is 0 Å². The van der Waals surface area contributed by atoms with Crippen molar-refractivity contribution in [2.75, 3.05) is 6.61 Å². The highest BCUT2D eigenvalue weighted by atomic mass is 32.1. The minimum atomic E-state index is 0.508. The Morgan fingerprint density at radius 1 is 1.53 bits per heavy atom. The van der Waals surface area contributed by atoms with Gasteiger partial charge in [0, 0.05) is 24.6 Å². The lowest BCUT2D eigenvalue weighted by molar-refractivity contribution is 0.119. The van der Waals surface area contributed by atoms with Crippen molar-refractivity contribution < 1.29 is 4.74 Å². The van der Waals surface area contributed by atoms with Crippen molar-refractivity contribution in [3.8, 4) is 0 Å². The second kappa shape index (κ2) is 6.93. The van der Waals surface area contributed by atoms with Crippen LogP contribution in [-0.2, 0) is 17.9 Å². The summed E-state index contributed by atoms with van der Waals surface area (Å²) in [5, 5.41) is 6.56. The van der Waals surface area contributed by atoms with E-state index in [0.717, 1.165) is 30.3 Å². The summed E-state index contributed by atoms with van der Waals surface area (Å²) in [7, 11) is 0. The molecule has 0 aliphatic rings. The van der Waals surface area contributed by atoms with Gasteiger partial charge in [0.25, 0.3) is 0 Å². The Kier molecular flexibility index (Phi) is 5.83. The van der Waals surface area contributed by atoms with E-state index in [0.29, 0.717) is 12.6 Å². The molecule has 0 aliphatic carbocycles. The molecule has 15 heavy (non-hydrogen) atoms. The normalized spacial score (nSPS) is 11.2. The van der Waals surface area contributed by atoms with Crippen LogP contribution in [0.25, 0.3) is 0 Å². The van der Waals surface area contributed by atoms with E-state index in [-0.39, 0.29) is 0 Å². The third kappa shape index (κ3) is 5.25. The van der Waals surface area contributed by atoms with Gasteiger partial charge in [0.2, 0.25) is 0 Å². The summed E-state index contributed by atoms with van der Waals surface area (Å²) in [5.41, 5.74) is 1.05. The zero-order valence-corrected chi connectivity index (χ0v) is 10.6. The minimum absolute atomic E-state index is 0.508. The summed E-state index contributed by atoms with van der Waals surface area (Å²) in [5.74, 6) is 0. The molecule has 0 saturated heterocycles. The number of ether oxygens (including phenoxy) is 1. The van der Waals surface area contributed by atoms with Gasteiger partial charge < -0.3 is 10.1 Å². The Balaban J connectivity index is 2.29. The number of hydrogen-bond donors (Lipinski definition) is 1. The van der Waals surface area contributed by atoms with Crippen molar-refractivity contribution >= 4 is 11.3 Å². The Morgan fingerprint density at radius 2 is 2.33 bits per heavy atom. The average molecular weight is 228 g/mol. The molecule has 86 valence electrons. The van der Waals surface area contributed by atoms with Crippen LogP contribution < -0.4 is 5.32 Å². The van der Waals surface area contributed by atoms with Crippen LogP contribution in [0.4, 0.5) is 0 Å². The number of thiazole rings is 1. The van der Waals surface area contributed by atoms with Gasteiger partial charge in [-0.15, -0.1) is 11.3 Å². The molecule has 4 heteroatoms. The van der Waals surface area contributed by atoms with Crippen LogP contribution in [0.1, 0.15) is 37.9 Å². The second-order valence-corrected chi connectivity index (χ2v) is 4.76. The van der Waals surface area contributed by atoms with Gasteiger partial charge in [0.05, 0.1) is 12.3 Å². The molecule has 3 nitrogen and oxygen atoms in total. The van der Waals surface area contributed by atoms with Crippen molar-refractivity contribution in [2.24, 2.45) is 0 Å². The molecular formula is C11H20N2OS. The molecule has 1 aromatic rings. The Hall–Kier alpha value is -0.450. The molecule has 0 saturated carbocycles. The third-order valence-electron chi connectivity index (χ3n) is 1.86. The van der Waals surface area contributed by atoms with Gasteiger partial charge in [0.15, 0.2) is 0 Å². The molecule has 0 unspecified atom stereocenters. The molecule has 0 atom stereocenters. The van der Waals surface area contributed by atoms with Gasteiger partial charge in [-0.1, -0.05) is 20.8 Å². The van der Waals surface area contributed by atoms with Crippen LogP contribution in [0.2, 0.25) is 0 Å². The second-order valence-electron chi connectivity index (χ2n) is 3.82. The summed E-state index contributed by atoms with van der Waals surface area (Å²) in [6, 6.07) is 0.508. The first-order valence-electron chi connectivity index (χ1n) is 5.46. The van der Waals surface area contributed by atoms with Gasteiger partial charge in [0.1, 0.15) is 5.01 Å². The zero-order chi connectivity index (χ0) is 11.1. The standard InChI is InChI=1S/C11H20N2OS/c1-4-5-14-7-10-8-15-11(13-10)6-12-9(2)3/h8-9,12H,4-7H2,1-3H3. The van der Waals surface area contributed by atoms with E-state index >= 15 is 0 Å². The average Bonchev–Trinajstić information content (AvgIpc) is 2.63. The SMILES string of the molecule is CCCOCc1csc(CNC(C)C)n1. The first-order valence-corrected chi connectivity index (χ1v) is 6.34. The highest BCUT2D eigenvalue weighted by Gasteiger charge is 2.02. The van der Waals surface area contributed by atoms with E-state index in [1.165, 1.54) is 0 Å². The maximum absolute atomic E-state index is 5.43. The molecule has 0 aromatic carbocycles. The first kappa shape index (κ1) is 12.6. The van der Waals surface area contributed by atoms with Gasteiger partial charge in [-0.05, 0) is 6.42 Å². The van der Waals surface area contributed by atoms with E-state index in [9.17, 15) is 0 Å². The smallest absolute Gasteiger partial charge is 0.107 e. The predicted octanol–water partition coefficient (Wildman–Crippen LogP) is 2.57. The Bertz CT molecular complexity index is 273. The molecular weight excluding hydrogens is 208 g/mol. The fourth-order valence-electron chi connectivity index (χ4n) is 1.11. The van der Waals surface area contributed by atoms with Gasteiger partial charge in [-0.25, -0.2) is 4.98 Å². The highest BCUT2D eigenvalue weighted by molar-refractivity contribution is 7.09. The first-order chi connectivity index (χ1) is 7.22. The lowest BCUT2D eigenvalue weighted by Crippen LogP contribution is -2.21. The number of rotatable bonds is 7.